The zero-order chi connectivity index (χ0) is 35.5. The SMILES string of the molecule is C=C[C@@]1(C)CC/C=C2/C(=O)CCC2(C)[C@H](C)[C@H]1OC(=O)c1ccccc1OC(=O)c1c2n(c3cc(N4CCNCC4)c(F)cc3c1=O)C(C)S2. The van der Waals surface area contributed by atoms with E-state index in [1.54, 1.807) is 18.2 Å². The van der Waals surface area contributed by atoms with Gasteiger partial charge >= 0.3 is 11.9 Å². The quantitative estimate of drug-likeness (QED) is 0.168. The van der Waals surface area contributed by atoms with E-state index in [1.165, 1.54) is 30.0 Å². The normalized spacial score (nSPS) is 28.7. The van der Waals surface area contributed by atoms with E-state index in [2.05, 4.69) is 18.8 Å². The average Bonchev–Trinajstić information content (AvgIpc) is 3.39. The molecule has 50 heavy (non-hydrogen) atoms. The number of carbonyl (C=O) groups is 3. The monoisotopic (exact) mass is 699 g/mol. The largest absolute Gasteiger partial charge is 0.457 e. The summed E-state index contributed by atoms with van der Waals surface area (Å²) in [5, 5.41) is 3.69. The number of Topliss-reactive ketones (excluding diaryl/α,β-unsaturated/α-hetero) is 1. The van der Waals surface area contributed by atoms with Gasteiger partial charge in [0, 0.05) is 54.7 Å². The number of fused-ring (bicyclic) bond motifs is 4. The maximum Gasteiger partial charge on any atom is 0.350 e. The second-order valence-electron chi connectivity index (χ2n) is 14.4. The van der Waals surface area contributed by atoms with Crippen LogP contribution in [0.5, 0.6) is 5.75 Å². The van der Waals surface area contributed by atoms with Crippen molar-refractivity contribution in [3.8, 4) is 5.75 Å². The van der Waals surface area contributed by atoms with Crippen molar-refractivity contribution in [2.24, 2.45) is 16.7 Å². The predicted octanol–water partition coefficient (Wildman–Crippen LogP) is 6.84. The minimum absolute atomic E-state index is 0.0254. The van der Waals surface area contributed by atoms with Gasteiger partial charge in [0.15, 0.2) is 5.78 Å². The van der Waals surface area contributed by atoms with Gasteiger partial charge in [-0.2, -0.15) is 0 Å². The molecule has 7 rings (SSSR count). The first-order valence-corrected chi connectivity index (χ1v) is 18.2. The first kappa shape index (κ1) is 34.2. The molecule has 262 valence electrons. The molecule has 1 aromatic heterocycles. The van der Waals surface area contributed by atoms with Crippen molar-refractivity contribution in [2.75, 3.05) is 31.1 Å². The number of halogens is 1. The molecule has 2 fully saturated rings. The second-order valence-corrected chi connectivity index (χ2v) is 15.7. The fourth-order valence-corrected chi connectivity index (χ4v) is 9.38. The van der Waals surface area contributed by atoms with Crippen LogP contribution < -0.4 is 20.4 Å². The summed E-state index contributed by atoms with van der Waals surface area (Å²) < 4.78 is 29.5. The van der Waals surface area contributed by atoms with Gasteiger partial charge in [0.05, 0.1) is 21.6 Å². The summed E-state index contributed by atoms with van der Waals surface area (Å²) in [6.07, 6.45) is 5.64. The Hall–Kier alpha value is -4.22. The van der Waals surface area contributed by atoms with Gasteiger partial charge in [-0.15, -0.1) is 6.58 Å². The molecule has 9 nitrogen and oxygen atoms in total. The van der Waals surface area contributed by atoms with Gasteiger partial charge in [0.1, 0.15) is 28.8 Å². The van der Waals surface area contributed by atoms with Gasteiger partial charge in [-0.25, -0.2) is 14.0 Å². The number of pyridine rings is 1. The lowest BCUT2D eigenvalue weighted by Crippen LogP contribution is -2.46. The van der Waals surface area contributed by atoms with E-state index in [9.17, 15) is 19.2 Å². The molecule has 2 aliphatic carbocycles. The number of piperazine rings is 1. The van der Waals surface area contributed by atoms with Crippen LogP contribution in [0.25, 0.3) is 10.9 Å². The van der Waals surface area contributed by atoms with Crippen LogP contribution in [-0.2, 0) is 9.53 Å². The molecule has 0 bridgehead atoms. The fraction of sp³-hybridized carbons (Fsp3) is 0.436. The number of hydrogen-bond donors (Lipinski definition) is 1. The molecular weight excluding hydrogens is 658 g/mol. The van der Waals surface area contributed by atoms with Crippen LogP contribution in [-0.4, -0.2) is 54.6 Å². The van der Waals surface area contributed by atoms with Crippen molar-refractivity contribution >= 4 is 46.1 Å². The summed E-state index contributed by atoms with van der Waals surface area (Å²) in [6, 6.07) is 9.20. The lowest BCUT2D eigenvalue weighted by molar-refractivity contribution is -0.114. The number of para-hydroxylation sites is 1. The highest BCUT2D eigenvalue weighted by atomic mass is 32.2. The van der Waals surface area contributed by atoms with Gasteiger partial charge < -0.3 is 24.3 Å². The first-order chi connectivity index (χ1) is 23.9. The number of carbonyl (C=O) groups excluding carboxylic acids is 3. The van der Waals surface area contributed by atoms with Crippen LogP contribution >= 0.6 is 11.8 Å². The molecule has 3 aromatic rings. The highest BCUT2D eigenvalue weighted by Crippen LogP contribution is 2.54. The number of thioether (sulfide) groups is 1. The Labute approximate surface area is 294 Å². The summed E-state index contributed by atoms with van der Waals surface area (Å²) in [5.74, 6) is -2.29. The molecule has 1 saturated heterocycles. The number of ether oxygens (including phenoxy) is 2. The Kier molecular flexibility index (Phi) is 8.79. The third-order valence-corrected chi connectivity index (χ3v) is 12.7. The number of aromatic nitrogens is 1. The van der Waals surface area contributed by atoms with Crippen LogP contribution in [0.3, 0.4) is 0 Å². The predicted molar refractivity (Wildman–Crippen MR) is 192 cm³/mol. The van der Waals surface area contributed by atoms with Gasteiger partial charge in [-0.3, -0.25) is 9.59 Å². The van der Waals surface area contributed by atoms with Gasteiger partial charge in [0.25, 0.3) is 0 Å². The molecule has 0 radical (unpaired) electrons. The molecule has 2 aliphatic heterocycles. The smallest absolute Gasteiger partial charge is 0.350 e. The van der Waals surface area contributed by atoms with Crippen LogP contribution in [0.15, 0.2) is 70.5 Å². The molecule has 1 saturated carbocycles. The minimum Gasteiger partial charge on any atom is -0.457 e. The summed E-state index contributed by atoms with van der Waals surface area (Å²) in [4.78, 5) is 56.6. The van der Waals surface area contributed by atoms with Gasteiger partial charge in [0.2, 0.25) is 5.43 Å². The van der Waals surface area contributed by atoms with Gasteiger partial charge in [-0.1, -0.05) is 56.8 Å². The molecule has 1 N–H and O–H groups in total. The molecule has 3 heterocycles. The lowest BCUT2D eigenvalue weighted by Gasteiger charge is -2.46. The van der Waals surface area contributed by atoms with Crippen LogP contribution in [0.2, 0.25) is 0 Å². The number of hydrogen-bond acceptors (Lipinski definition) is 9. The lowest BCUT2D eigenvalue weighted by atomic mass is 9.62. The van der Waals surface area contributed by atoms with Crippen LogP contribution in [0.1, 0.15) is 79.5 Å². The standard InChI is InChI=1S/C39H42FN3O6S/c1-6-38(4)14-9-11-26-30(44)13-15-39(26,5)22(2)34(38)49-36(46)24-10-7-8-12-31(24)48-37(47)32-33(45)25-20-27(40)29(42-18-16-41-17-19-42)21-28(25)43-23(3)50-35(32)43/h6-8,10-12,20-23,34,41H,1,9,13-19H2,2-5H3/b26-11-/t22-,23?,34-,38+,39?/m1/s1. The zero-order valence-corrected chi connectivity index (χ0v) is 29.7. The molecule has 5 atom stereocenters. The Bertz CT molecular complexity index is 2040. The molecule has 2 unspecified atom stereocenters. The summed E-state index contributed by atoms with van der Waals surface area (Å²) in [5.41, 5.74) is -0.0901. The van der Waals surface area contributed by atoms with Crippen LogP contribution in [0.4, 0.5) is 10.1 Å². The summed E-state index contributed by atoms with van der Waals surface area (Å²) in [7, 11) is 0. The van der Waals surface area contributed by atoms with E-state index in [0.29, 0.717) is 55.0 Å². The van der Waals surface area contributed by atoms with E-state index < -0.39 is 40.1 Å². The number of benzene rings is 2. The summed E-state index contributed by atoms with van der Waals surface area (Å²) in [6.45, 7) is 14.9. The van der Waals surface area contributed by atoms with Crippen molar-refractivity contribution in [2.45, 2.75) is 69.9 Å². The number of anilines is 1. The van der Waals surface area contributed by atoms with Gasteiger partial charge in [-0.05, 0) is 56.0 Å². The second kappa shape index (κ2) is 12.8. The van der Waals surface area contributed by atoms with E-state index in [0.717, 1.165) is 18.7 Å². The number of rotatable bonds is 6. The van der Waals surface area contributed by atoms with Crippen molar-refractivity contribution in [1.29, 1.82) is 0 Å². The molecule has 2 aromatic carbocycles. The third kappa shape index (κ3) is 5.49. The molecule has 11 heteroatoms. The van der Waals surface area contributed by atoms with Crippen LogP contribution in [0, 0.1) is 22.6 Å². The number of esters is 2. The maximum atomic E-state index is 15.5. The highest BCUT2D eigenvalue weighted by Gasteiger charge is 2.52. The molecule has 0 spiro atoms. The van der Waals surface area contributed by atoms with Crippen molar-refractivity contribution in [1.82, 2.24) is 9.88 Å². The van der Waals surface area contributed by atoms with Crippen molar-refractivity contribution in [3.63, 3.8) is 0 Å². The highest BCUT2D eigenvalue weighted by molar-refractivity contribution is 8.00. The Morgan fingerprint density at radius 1 is 1.08 bits per heavy atom. The number of allylic oxidation sites excluding steroid dienone is 2. The van der Waals surface area contributed by atoms with Crippen molar-refractivity contribution < 1.29 is 28.2 Å². The molecular formula is C39H42FN3O6S. The average molecular weight is 700 g/mol. The minimum atomic E-state index is -0.936. The number of ketones is 1. The Balaban J connectivity index is 1.21. The third-order valence-electron chi connectivity index (χ3n) is 11.5. The number of nitrogens with zero attached hydrogens (tertiary/aromatic N) is 2. The zero-order valence-electron chi connectivity index (χ0n) is 28.8. The summed E-state index contributed by atoms with van der Waals surface area (Å²) >= 11 is 1.36. The van der Waals surface area contributed by atoms with E-state index in [4.69, 9.17) is 9.47 Å². The molecule has 4 aliphatic rings. The van der Waals surface area contributed by atoms with Crippen molar-refractivity contribution in [3.05, 3.63) is 87.9 Å². The first-order valence-electron chi connectivity index (χ1n) is 17.3. The maximum absolute atomic E-state index is 15.5. The Morgan fingerprint density at radius 3 is 2.54 bits per heavy atom. The fourth-order valence-electron chi connectivity index (χ4n) is 8.23. The van der Waals surface area contributed by atoms with E-state index in [1.807, 2.05) is 42.4 Å². The van der Waals surface area contributed by atoms with E-state index in [-0.39, 0.29) is 39.3 Å². The van der Waals surface area contributed by atoms with E-state index >= 15 is 4.39 Å². The number of nitrogens with one attached hydrogen (secondary N) is 1. The molecule has 0 amide bonds. The Morgan fingerprint density at radius 2 is 1.82 bits per heavy atom. The topological polar surface area (TPSA) is 107 Å².